The molecule has 0 aliphatic carbocycles. The first kappa shape index (κ1) is 49.8. The number of nitrogens with one attached hydrogen (secondary N) is 1. The molecule has 0 bridgehead atoms. The zero-order chi connectivity index (χ0) is 46.9. The second kappa shape index (κ2) is 22.1. The maximum Gasteiger partial charge on any atom is 0.337 e. The summed E-state index contributed by atoms with van der Waals surface area (Å²) in [5, 5.41) is 14.7. The molecule has 0 saturated heterocycles. The Kier molecular flexibility index (Phi) is 16.7. The van der Waals surface area contributed by atoms with Gasteiger partial charge in [0.2, 0.25) is 0 Å². The topological polar surface area (TPSA) is 240 Å². The van der Waals surface area contributed by atoms with Gasteiger partial charge in [-0.1, -0.05) is 35.3 Å². The molecule has 6 aromatic heterocycles. The number of carbonyl (C=O) groups is 2. The van der Waals surface area contributed by atoms with Crippen molar-refractivity contribution in [1.29, 1.82) is 0 Å². The van der Waals surface area contributed by atoms with E-state index >= 15 is 0 Å². The van der Waals surface area contributed by atoms with E-state index in [0.717, 1.165) is 66.6 Å². The summed E-state index contributed by atoms with van der Waals surface area (Å²) in [6.45, 7) is 9.16. The molecule has 340 valence electrons. The summed E-state index contributed by atoms with van der Waals surface area (Å²) >= 11 is 12.0. The number of aryl methyl sites for hydroxylation is 4. The number of nitrogen functional groups attached to an aromatic ring is 2. The fraction of sp³-hybridized carbons (Fsp3) is 0.167. The third-order valence-corrected chi connectivity index (χ3v) is 10.8. The lowest BCUT2D eigenvalue weighted by atomic mass is 10.1. The molecule has 0 atom stereocenters. The SMILES string of the molecule is Cc1cc(N)nc(C)c1CN.Cc1cc(N)nc(C)c1CNC(=O)c1ccc(=O)n(Cc2ccc3ncc(Cl)cc3c2)c1.Cl.O=C(O)c1ccc(=O)n(Cc2ccc3ncc(Cl)cc3c2)c1. The van der Waals surface area contributed by atoms with Crippen LogP contribution in [0.5, 0.6) is 0 Å². The van der Waals surface area contributed by atoms with Crippen molar-refractivity contribution in [2.75, 3.05) is 11.5 Å². The fourth-order valence-electron chi connectivity index (χ4n) is 7.09. The van der Waals surface area contributed by atoms with Crippen LogP contribution >= 0.6 is 35.6 Å². The number of fused-ring (bicyclic) bond motifs is 2. The molecule has 8 aromatic rings. The number of benzene rings is 2. The van der Waals surface area contributed by atoms with Crippen LogP contribution in [0, 0.1) is 27.7 Å². The predicted molar refractivity (Wildman–Crippen MR) is 263 cm³/mol. The number of anilines is 2. The van der Waals surface area contributed by atoms with Gasteiger partial charge in [0, 0.05) is 72.2 Å². The highest BCUT2D eigenvalue weighted by molar-refractivity contribution is 6.31. The first-order valence-corrected chi connectivity index (χ1v) is 20.9. The average Bonchev–Trinajstić information content (AvgIpc) is 3.24. The number of carboxylic acid groups (broad SMARTS) is 1. The maximum absolute atomic E-state index is 12.7. The molecule has 15 nitrogen and oxygen atoms in total. The Hall–Kier alpha value is -7.17. The Morgan fingerprint density at radius 2 is 1.11 bits per heavy atom. The third kappa shape index (κ3) is 12.8. The van der Waals surface area contributed by atoms with Crippen LogP contribution in [0.3, 0.4) is 0 Å². The molecule has 0 unspecified atom stereocenters. The monoisotopic (exact) mass is 948 g/mol. The van der Waals surface area contributed by atoms with E-state index in [0.29, 0.717) is 46.9 Å². The Morgan fingerprint density at radius 1 is 0.652 bits per heavy atom. The standard InChI is InChI=1S/C24H22ClN5O2.C16H11ClN2O3.C8H13N3.ClH/c1-14-7-22(26)29-15(2)20(14)11-28-24(32)17-4-6-23(31)30(13-17)12-16-3-5-21-18(8-16)9-19(25)10-27-21;17-13-6-12-5-10(1-3-14(12)18-7-13)8-19-9-11(16(21)22)2-4-15(19)20;1-5-3-8(10)11-6(2)7(5)4-9;/h3-10,13H,11-12H2,1-2H3,(H2,26,29)(H,28,32);1-7,9H,8H2,(H,21,22);3H,4,9H2,1-2H3,(H2,10,11);1H. The zero-order valence-electron chi connectivity index (χ0n) is 36.4. The number of halogens is 3. The number of hydrogen-bond donors (Lipinski definition) is 5. The lowest BCUT2D eigenvalue weighted by Gasteiger charge is -2.12. The predicted octanol–water partition coefficient (Wildman–Crippen LogP) is 7.58. The highest BCUT2D eigenvalue weighted by atomic mass is 35.5. The molecular weight excluding hydrogens is 903 g/mol. The number of rotatable bonds is 9. The Morgan fingerprint density at radius 3 is 1.56 bits per heavy atom. The first-order valence-electron chi connectivity index (χ1n) is 20.1. The van der Waals surface area contributed by atoms with Crippen molar-refractivity contribution in [1.82, 2.24) is 34.4 Å². The number of aromatic nitrogens is 6. The normalized spacial score (nSPS) is 10.6. The summed E-state index contributed by atoms with van der Waals surface area (Å²) in [5.41, 5.74) is 26.0. The third-order valence-electron chi connectivity index (χ3n) is 10.4. The minimum atomic E-state index is -1.07. The molecule has 0 fully saturated rings. The number of aromatic carboxylic acids is 1. The van der Waals surface area contributed by atoms with Gasteiger partial charge in [-0.05, 0) is 122 Å². The zero-order valence-corrected chi connectivity index (χ0v) is 38.7. The Balaban J connectivity index is 0.000000207. The van der Waals surface area contributed by atoms with E-state index in [1.807, 2.05) is 76.2 Å². The van der Waals surface area contributed by atoms with Gasteiger partial charge in [-0.3, -0.25) is 24.4 Å². The van der Waals surface area contributed by atoms with Crippen molar-refractivity contribution in [2.24, 2.45) is 5.73 Å². The molecule has 0 saturated carbocycles. The lowest BCUT2D eigenvalue weighted by molar-refractivity contribution is 0.0695. The largest absolute Gasteiger partial charge is 0.478 e. The number of amides is 1. The maximum atomic E-state index is 12.7. The summed E-state index contributed by atoms with van der Waals surface area (Å²) < 4.78 is 2.87. The molecule has 0 aliphatic heterocycles. The number of nitrogens with zero attached hydrogens (tertiary/aromatic N) is 6. The number of nitrogens with two attached hydrogens (primary N) is 3. The van der Waals surface area contributed by atoms with Crippen LogP contribution < -0.4 is 33.6 Å². The van der Waals surface area contributed by atoms with Crippen LogP contribution in [-0.4, -0.2) is 46.1 Å². The second-order valence-electron chi connectivity index (χ2n) is 15.2. The minimum absolute atomic E-state index is 0. The number of carboxylic acids is 1. The molecule has 18 heteroatoms. The minimum Gasteiger partial charge on any atom is -0.478 e. The van der Waals surface area contributed by atoms with Crippen LogP contribution in [0.1, 0.15) is 65.5 Å². The highest BCUT2D eigenvalue weighted by Crippen LogP contribution is 2.21. The molecule has 8 N–H and O–H groups in total. The Bertz CT molecular complexity index is 3170. The van der Waals surface area contributed by atoms with Gasteiger partial charge in [-0.15, -0.1) is 12.4 Å². The van der Waals surface area contributed by atoms with Crippen molar-refractivity contribution in [3.8, 4) is 0 Å². The van der Waals surface area contributed by atoms with E-state index in [-0.39, 0.29) is 41.5 Å². The molecule has 0 aliphatic rings. The van der Waals surface area contributed by atoms with Gasteiger partial charge in [0.05, 0.1) is 45.3 Å². The van der Waals surface area contributed by atoms with Crippen LogP contribution in [0.2, 0.25) is 10.0 Å². The van der Waals surface area contributed by atoms with Gasteiger partial charge in [-0.2, -0.15) is 0 Å². The van der Waals surface area contributed by atoms with Crippen LogP contribution in [-0.2, 0) is 26.2 Å². The van der Waals surface area contributed by atoms with Crippen LogP contribution in [0.25, 0.3) is 21.8 Å². The van der Waals surface area contributed by atoms with Crippen LogP contribution in [0.15, 0.2) is 119 Å². The number of pyridine rings is 6. The van der Waals surface area contributed by atoms with Gasteiger partial charge >= 0.3 is 5.97 Å². The van der Waals surface area contributed by atoms with E-state index in [1.54, 1.807) is 30.7 Å². The lowest BCUT2D eigenvalue weighted by Crippen LogP contribution is -2.27. The van der Waals surface area contributed by atoms with E-state index < -0.39 is 5.97 Å². The van der Waals surface area contributed by atoms with Gasteiger partial charge in [0.25, 0.3) is 17.0 Å². The summed E-state index contributed by atoms with van der Waals surface area (Å²) in [6.07, 6.45) is 6.08. The van der Waals surface area contributed by atoms with Gasteiger partial charge in [-0.25, -0.2) is 14.8 Å². The molecule has 8 rings (SSSR count). The molecule has 6 heterocycles. The van der Waals surface area contributed by atoms with E-state index in [9.17, 15) is 19.2 Å². The average molecular weight is 950 g/mol. The van der Waals surface area contributed by atoms with Crippen LogP contribution in [0.4, 0.5) is 11.6 Å². The van der Waals surface area contributed by atoms with Crippen molar-refractivity contribution in [3.63, 3.8) is 0 Å². The van der Waals surface area contributed by atoms with Crippen molar-refractivity contribution >= 4 is 80.9 Å². The highest BCUT2D eigenvalue weighted by Gasteiger charge is 2.12. The van der Waals surface area contributed by atoms with Gasteiger partial charge in [0.1, 0.15) is 11.6 Å². The molecule has 2 aromatic carbocycles. The quantitative estimate of drug-likeness (QED) is 0.0941. The summed E-state index contributed by atoms with van der Waals surface area (Å²) in [5.74, 6) is -0.321. The molecule has 1 amide bonds. The van der Waals surface area contributed by atoms with E-state index in [1.165, 1.54) is 39.6 Å². The van der Waals surface area contributed by atoms with E-state index in [4.69, 9.17) is 45.5 Å². The smallest absolute Gasteiger partial charge is 0.337 e. The number of hydrogen-bond acceptors (Lipinski definition) is 11. The first-order chi connectivity index (χ1) is 31.0. The second-order valence-corrected chi connectivity index (χ2v) is 16.0. The van der Waals surface area contributed by atoms with Crippen molar-refractivity contribution in [3.05, 3.63) is 196 Å². The summed E-state index contributed by atoms with van der Waals surface area (Å²) in [7, 11) is 0. The summed E-state index contributed by atoms with van der Waals surface area (Å²) in [6, 6.07) is 24.0. The molecule has 0 spiro atoms. The summed E-state index contributed by atoms with van der Waals surface area (Å²) in [4.78, 5) is 64.8. The van der Waals surface area contributed by atoms with Gasteiger partial charge < -0.3 is 36.8 Å². The Labute approximate surface area is 395 Å². The molecule has 66 heavy (non-hydrogen) atoms. The van der Waals surface area contributed by atoms with Gasteiger partial charge in [0.15, 0.2) is 0 Å². The molecular formula is C48H47Cl3N10O5. The fourth-order valence-corrected chi connectivity index (χ4v) is 7.42. The van der Waals surface area contributed by atoms with Crippen molar-refractivity contribution in [2.45, 2.75) is 53.9 Å². The number of carbonyl (C=O) groups excluding carboxylic acids is 1. The van der Waals surface area contributed by atoms with Crippen molar-refractivity contribution < 1.29 is 14.7 Å². The molecule has 0 radical (unpaired) electrons. The van der Waals surface area contributed by atoms with E-state index in [2.05, 4.69) is 25.3 Å².